The highest BCUT2D eigenvalue weighted by Gasteiger charge is 2.41. The predicted molar refractivity (Wildman–Crippen MR) is 100 cm³/mol. The number of imide groups is 1. The van der Waals surface area contributed by atoms with Gasteiger partial charge in [-0.1, -0.05) is 0 Å². The van der Waals surface area contributed by atoms with Crippen molar-refractivity contribution in [2.24, 2.45) is 0 Å². The lowest BCUT2D eigenvalue weighted by atomic mass is 10.1. The Hall–Kier alpha value is -2.68. The van der Waals surface area contributed by atoms with Crippen LogP contribution in [0.2, 0.25) is 0 Å². The number of hydrogen-bond donors (Lipinski definition) is 0. The molecule has 1 aliphatic heterocycles. The molecule has 0 radical (unpaired) electrons. The first-order valence-corrected chi connectivity index (χ1v) is 8.93. The van der Waals surface area contributed by atoms with Crippen LogP contribution in [-0.2, 0) is 14.3 Å². The maximum atomic E-state index is 12.7. The van der Waals surface area contributed by atoms with Gasteiger partial charge in [0.1, 0.15) is 23.3 Å². The molecule has 2 rings (SSSR count). The Bertz CT molecular complexity index is 765. The van der Waals surface area contributed by atoms with Crippen molar-refractivity contribution in [2.45, 2.75) is 19.9 Å². The van der Waals surface area contributed by atoms with Crippen molar-refractivity contribution in [2.75, 3.05) is 27.9 Å². The number of carbonyl (C=O) groups excluding carboxylic acids is 3. The summed E-state index contributed by atoms with van der Waals surface area (Å²) >= 11 is 0.737. The molecule has 1 aromatic rings. The first kappa shape index (κ1) is 20.6. The SMILES string of the molecule is CCOC(=O)[C@H](C)N1C(=O)S/C(=C/c2c(OC)cc(OC)cc2OC)C1=O. The molecular weight excluding hydrogens is 374 g/mol. The van der Waals surface area contributed by atoms with Gasteiger partial charge in [-0.2, -0.15) is 0 Å². The lowest BCUT2D eigenvalue weighted by Gasteiger charge is -2.19. The second-order valence-corrected chi connectivity index (χ2v) is 6.42. The fourth-order valence-electron chi connectivity index (χ4n) is 2.49. The number of benzene rings is 1. The number of amides is 2. The molecule has 0 aliphatic carbocycles. The molecule has 27 heavy (non-hydrogen) atoms. The van der Waals surface area contributed by atoms with Gasteiger partial charge in [0.15, 0.2) is 0 Å². The molecule has 1 aliphatic rings. The Balaban J connectivity index is 2.42. The van der Waals surface area contributed by atoms with Crippen LogP contribution in [0.15, 0.2) is 17.0 Å². The van der Waals surface area contributed by atoms with Crippen molar-refractivity contribution in [3.05, 3.63) is 22.6 Å². The van der Waals surface area contributed by atoms with Gasteiger partial charge in [-0.15, -0.1) is 0 Å². The summed E-state index contributed by atoms with van der Waals surface area (Å²) in [7, 11) is 4.45. The molecule has 0 spiro atoms. The van der Waals surface area contributed by atoms with Gasteiger partial charge in [0.05, 0.1) is 38.4 Å². The van der Waals surface area contributed by atoms with E-state index in [-0.39, 0.29) is 11.5 Å². The monoisotopic (exact) mass is 395 g/mol. The van der Waals surface area contributed by atoms with Gasteiger partial charge in [0.25, 0.3) is 11.1 Å². The minimum atomic E-state index is -1.01. The fraction of sp³-hybridized carbons (Fsp3) is 0.389. The first-order chi connectivity index (χ1) is 12.9. The predicted octanol–water partition coefficient (Wildman–Crippen LogP) is 2.70. The number of hydrogen-bond acceptors (Lipinski definition) is 8. The molecule has 1 aromatic carbocycles. The van der Waals surface area contributed by atoms with E-state index in [4.69, 9.17) is 18.9 Å². The van der Waals surface area contributed by atoms with Crippen molar-refractivity contribution in [3.8, 4) is 17.2 Å². The molecule has 0 N–H and O–H groups in total. The molecule has 1 atom stereocenters. The second-order valence-electron chi connectivity index (χ2n) is 5.43. The van der Waals surface area contributed by atoms with Crippen LogP contribution in [0.5, 0.6) is 17.2 Å². The van der Waals surface area contributed by atoms with Gasteiger partial charge < -0.3 is 18.9 Å². The topological polar surface area (TPSA) is 91.4 Å². The summed E-state index contributed by atoms with van der Waals surface area (Å²) in [5, 5.41) is -0.543. The maximum absolute atomic E-state index is 12.7. The van der Waals surface area contributed by atoms with Crippen LogP contribution < -0.4 is 14.2 Å². The van der Waals surface area contributed by atoms with Gasteiger partial charge in [-0.05, 0) is 31.7 Å². The van der Waals surface area contributed by atoms with E-state index in [2.05, 4.69) is 0 Å². The summed E-state index contributed by atoms with van der Waals surface area (Å²) < 4.78 is 20.8. The van der Waals surface area contributed by atoms with Crippen LogP contribution in [0.1, 0.15) is 19.4 Å². The largest absolute Gasteiger partial charge is 0.496 e. The Morgan fingerprint density at radius 3 is 2.22 bits per heavy atom. The standard InChI is InChI=1S/C18H21NO7S/c1-6-26-17(21)10(2)19-16(20)15(27-18(19)22)9-12-13(24-4)7-11(23-3)8-14(12)25-5/h7-10H,6H2,1-5H3/b15-9+/t10-/m0/s1. The third kappa shape index (κ3) is 4.19. The molecule has 1 heterocycles. The summed E-state index contributed by atoms with van der Waals surface area (Å²) in [4.78, 5) is 37.9. The number of methoxy groups -OCH3 is 3. The quantitative estimate of drug-likeness (QED) is 0.514. The number of nitrogens with zero attached hydrogens (tertiary/aromatic N) is 1. The van der Waals surface area contributed by atoms with E-state index < -0.39 is 23.2 Å². The Labute approximate surface area is 161 Å². The van der Waals surface area contributed by atoms with E-state index >= 15 is 0 Å². The van der Waals surface area contributed by atoms with Crippen LogP contribution in [0.25, 0.3) is 6.08 Å². The molecule has 1 saturated heterocycles. The summed E-state index contributed by atoms with van der Waals surface area (Å²) in [5.74, 6) is 0.129. The zero-order valence-electron chi connectivity index (χ0n) is 15.7. The minimum absolute atomic E-state index is 0.151. The number of esters is 1. The number of thioether (sulfide) groups is 1. The molecule has 0 unspecified atom stereocenters. The van der Waals surface area contributed by atoms with Crippen molar-refractivity contribution >= 4 is 35.0 Å². The van der Waals surface area contributed by atoms with Crippen molar-refractivity contribution in [1.82, 2.24) is 4.90 Å². The Morgan fingerprint density at radius 1 is 1.15 bits per heavy atom. The summed E-state index contributed by atoms with van der Waals surface area (Å²) in [6, 6.07) is 2.27. The molecular formula is C18H21NO7S. The number of ether oxygens (including phenoxy) is 4. The Morgan fingerprint density at radius 2 is 1.74 bits per heavy atom. The van der Waals surface area contributed by atoms with Crippen LogP contribution in [0, 0.1) is 0 Å². The van der Waals surface area contributed by atoms with Gasteiger partial charge in [0.2, 0.25) is 0 Å². The van der Waals surface area contributed by atoms with Gasteiger partial charge in [0, 0.05) is 12.1 Å². The summed E-state index contributed by atoms with van der Waals surface area (Å²) in [6.07, 6.45) is 1.50. The second kappa shape index (κ2) is 8.81. The van der Waals surface area contributed by atoms with Crippen LogP contribution in [0.4, 0.5) is 4.79 Å². The normalized spacial score (nSPS) is 16.5. The molecule has 0 aromatic heterocycles. The lowest BCUT2D eigenvalue weighted by Crippen LogP contribution is -2.42. The third-order valence-electron chi connectivity index (χ3n) is 3.87. The van der Waals surface area contributed by atoms with E-state index in [1.807, 2.05) is 0 Å². The van der Waals surface area contributed by atoms with Gasteiger partial charge in [-0.25, -0.2) is 4.79 Å². The van der Waals surface area contributed by atoms with E-state index in [0.717, 1.165) is 16.7 Å². The molecule has 8 nitrogen and oxygen atoms in total. The van der Waals surface area contributed by atoms with E-state index in [1.54, 1.807) is 19.1 Å². The van der Waals surface area contributed by atoms with Crippen LogP contribution >= 0.6 is 11.8 Å². The van der Waals surface area contributed by atoms with Crippen molar-refractivity contribution in [1.29, 1.82) is 0 Å². The number of carbonyl (C=O) groups is 3. The Kier molecular flexibility index (Phi) is 6.73. The minimum Gasteiger partial charge on any atom is -0.496 e. The molecule has 9 heteroatoms. The molecule has 146 valence electrons. The maximum Gasteiger partial charge on any atom is 0.329 e. The smallest absolute Gasteiger partial charge is 0.329 e. The molecule has 2 amide bonds. The van der Waals surface area contributed by atoms with Crippen molar-refractivity contribution in [3.63, 3.8) is 0 Å². The highest BCUT2D eigenvalue weighted by Crippen LogP contribution is 2.40. The molecule has 0 bridgehead atoms. The lowest BCUT2D eigenvalue weighted by molar-refractivity contribution is -0.150. The van der Waals surface area contributed by atoms with Gasteiger partial charge in [-0.3, -0.25) is 14.5 Å². The zero-order valence-corrected chi connectivity index (χ0v) is 16.5. The summed E-state index contributed by atoms with van der Waals surface area (Å²) in [5.41, 5.74) is 0.482. The third-order valence-corrected chi connectivity index (χ3v) is 4.75. The number of rotatable bonds is 7. The average Bonchev–Trinajstić information content (AvgIpc) is 2.94. The fourth-order valence-corrected chi connectivity index (χ4v) is 3.38. The van der Waals surface area contributed by atoms with Crippen LogP contribution in [-0.4, -0.2) is 56.0 Å². The van der Waals surface area contributed by atoms with E-state index in [1.165, 1.54) is 34.3 Å². The highest BCUT2D eigenvalue weighted by atomic mass is 32.2. The van der Waals surface area contributed by atoms with Gasteiger partial charge >= 0.3 is 5.97 Å². The highest BCUT2D eigenvalue weighted by molar-refractivity contribution is 8.18. The average molecular weight is 395 g/mol. The molecule has 0 saturated carbocycles. The zero-order chi connectivity index (χ0) is 20.1. The molecule has 1 fully saturated rings. The van der Waals surface area contributed by atoms with E-state index in [0.29, 0.717) is 22.8 Å². The first-order valence-electron chi connectivity index (χ1n) is 8.11. The van der Waals surface area contributed by atoms with Crippen molar-refractivity contribution < 1.29 is 33.3 Å². The summed E-state index contributed by atoms with van der Waals surface area (Å²) in [6.45, 7) is 3.27. The van der Waals surface area contributed by atoms with E-state index in [9.17, 15) is 14.4 Å². The van der Waals surface area contributed by atoms with Crippen LogP contribution in [0.3, 0.4) is 0 Å².